The van der Waals surface area contributed by atoms with E-state index in [9.17, 15) is 4.79 Å². The largest absolute Gasteiger partial charge is 0.345 e. The molecule has 172 valence electrons. The van der Waals surface area contributed by atoms with Gasteiger partial charge in [0.25, 0.3) is 0 Å². The van der Waals surface area contributed by atoms with Gasteiger partial charge in [0.1, 0.15) is 0 Å². The van der Waals surface area contributed by atoms with Crippen LogP contribution >= 0.6 is 0 Å². The van der Waals surface area contributed by atoms with E-state index in [1.165, 1.54) is 0 Å². The van der Waals surface area contributed by atoms with Crippen molar-refractivity contribution in [2.24, 2.45) is 0 Å². The van der Waals surface area contributed by atoms with E-state index in [0.29, 0.717) is 11.9 Å². The number of aryl methyl sites for hydroxylation is 3. The average Bonchev–Trinajstić information content (AvgIpc) is 2.81. The van der Waals surface area contributed by atoms with Gasteiger partial charge in [-0.15, -0.1) is 0 Å². The summed E-state index contributed by atoms with van der Waals surface area (Å²) in [4.78, 5) is 25.8. The normalized spacial score (nSPS) is 10.4. The standard InChI is InChI=1S/C26H27N7O/c1-17-7-11-20(12-8-17)29-25-31-24(27-16-23(34)28-22-6-4-5-19(3)15-22)32-26(33-25)30-21-13-9-18(2)10-14-21/h4-15H,16H2,1-3H3,(H,28,34)(H3,27,29,30,31,32,33). The second-order valence-corrected chi connectivity index (χ2v) is 8.06. The highest BCUT2D eigenvalue weighted by molar-refractivity contribution is 5.93. The fourth-order valence-electron chi connectivity index (χ4n) is 3.19. The van der Waals surface area contributed by atoms with Crippen molar-refractivity contribution < 1.29 is 4.79 Å². The minimum absolute atomic E-state index is 0.00585. The number of rotatable bonds is 8. The van der Waals surface area contributed by atoms with Crippen LogP contribution in [0.25, 0.3) is 0 Å². The number of aromatic nitrogens is 3. The smallest absolute Gasteiger partial charge is 0.243 e. The van der Waals surface area contributed by atoms with Crippen LogP contribution in [-0.4, -0.2) is 27.4 Å². The molecule has 4 rings (SSSR count). The Labute approximate surface area is 198 Å². The molecule has 0 aliphatic rings. The Kier molecular flexibility index (Phi) is 6.98. The molecule has 3 aromatic carbocycles. The van der Waals surface area contributed by atoms with Crippen molar-refractivity contribution in [3.05, 3.63) is 89.5 Å². The summed E-state index contributed by atoms with van der Waals surface area (Å²) in [5.41, 5.74) is 5.82. The minimum Gasteiger partial charge on any atom is -0.345 e. The first-order valence-electron chi connectivity index (χ1n) is 11.0. The lowest BCUT2D eigenvalue weighted by molar-refractivity contribution is -0.114. The van der Waals surface area contributed by atoms with Crippen LogP contribution in [0.3, 0.4) is 0 Å². The summed E-state index contributed by atoms with van der Waals surface area (Å²) in [6, 6.07) is 23.5. The van der Waals surface area contributed by atoms with Gasteiger partial charge in [-0.1, -0.05) is 47.5 Å². The first kappa shape index (κ1) is 22.7. The summed E-state index contributed by atoms with van der Waals surface area (Å²) in [6.07, 6.45) is 0. The summed E-state index contributed by atoms with van der Waals surface area (Å²) in [5, 5.41) is 12.3. The third kappa shape index (κ3) is 6.52. The molecule has 0 saturated heterocycles. The number of hydrogen-bond acceptors (Lipinski definition) is 7. The molecule has 0 fully saturated rings. The molecule has 0 aliphatic carbocycles. The van der Waals surface area contributed by atoms with Crippen LogP contribution in [0.1, 0.15) is 16.7 Å². The van der Waals surface area contributed by atoms with Gasteiger partial charge < -0.3 is 21.3 Å². The highest BCUT2D eigenvalue weighted by Crippen LogP contribution is 2.19. The first-order valence-corrected chi connectivity index (χ1v) is 11.0. The van der Waals surface area contributed by atoms with E-state index in [1.54, 1.807) is 0 Å². The summed E-state index contributed by atoms with van der Waals surface area (Å²) >= 11 is 0. The number of carbonyl (C=O) groups excluding carboxylic acids is 1. The molecule has 1 amide bonds. The third-order valence-electron chi connectivity index (χ3n) is 4.96. The highest BCUT2D eigenvalue weighted by Gasteiger charge is 2.10. The van der Waals surface area contributed by atoms with Crippen molar-refractivity contribution in [1.29, 1.82) is 0 Å². The second kappa shape index (κ2) is 10.4. The maximum atomic E-state index is 12.4. The average molecular weight is 454 g/mol. The first-order chi connectivity index (χ1) is 16.4. The monoisotopic (exact) mass is 453 g/mol. The molecule has 0 saturated carbocycles. The highest BCUT2D eigenvalue weighted by atomic mass is 16.1. The van der Waals surface area contributed by atoms with Crippen molar-refractivity contribution in [1.82, 2.24) is 15.0 Å². The van der Waals surface area contributed by atoms with E-state index in [1.807, 2.05) is 93.6 Å². The molecule has 8 nitrogen and oxygen atoms in total. The van der Waals surface area contributed by atoms with Crippen molar-refractivity contribution in [3.63, 3.8) is 0 Å². The van der Waals surface area contributed by atoms with E-state index in [2.05, 4.69) is 36.2 Å². The molecule has 0 bridgehead atoms. The van der Waals surface area contributed by atoms with Crippen LogP contribution < -0.4 is 21.3 Å². The Bertz CT molecular complexity index is 1210. The molecule has 0 radical (unpaired) electrons. The van der Waals surface area contributed by atoms with Crippen molar-refractivity contribution in [2.45, 2.75) is 20.8 Å². The predicted octanol–water partition coefficient (Wildman–Crippen LogP) is 5.33. The molecule has 1 heterocycles. The van der Waals surface area contributed by atoms with Crippen molar-refractivity contribution in [3.8, 4) is 0 Å². The van der Waals surface area contributed by atoms with Crippen LogP contribution in [-0.2, 0) is 4.79 Å². The molecule has 4 aromatic rings. The van der Waals surface area contributed by atoms with Crippen LogP contribution in [0.2, 0.25) is 0 Å². The zero-order valence-electron chi connectivity index (χ0n) is 19.4. The molecular formula is C26H27N7O. The van der Waals surface area contributed by atoms with Gasteiger partial charge in [0, 0.05) is 17.1 Å². The van der Waals surface area contributed by atoms with Crippen LogP contribution in [0.5, 0.6) is 0 Å². The Balaban J connectivity index is 1.51. The topological polar surface area (TPSA) is 104 Å². The van der Waals surface area contributed by atoms with Crippen molar-refractivity contribution in [2.75, 3.05) is 27.8 Å². The van der Waals surface area contributed by atoms with Gasteiger partial charge in [0.2, 0.25) is 23.8 Å². The molecule has 0 spiro atoms. The molecule has 34 heavy (non-hydrogen) atoms. The minimum atomic E-state index is -0.202. The van der Waals surface area contributed by atoms with Crippen LogP contribution in [0, 0.1) is 20.8 Å². The Morgan fingerprint density at radius 2 is 1.18 bits per heavy atom. The Morgan fingerprint density at radius 3 is 1.71 bits per heavy atom. The lowest BCUT2D eigenvalue weighted by Gasteiger charge is -2.12. The number of hydrogen-bond donors (Lipinski definition) is 4. The second-order valence-electron chi connectivity index (χ2n) is 8.06. The lowest BCUT2D eigenvalue weighted by Crippen LogP contribution is -2.23. The van der Waals surface area contributed by atoms with E-state index < -0.39 is 0 Å². The summed E-state index contributed by atoms with van der Waals surface area (Å²) < 4.78 is 0. The van der Waals surface area contributed by atoms with Crippen LogP contribution in [0.4, 0.5) is 34.9 Å². The SMILES string of the molecule is Cc1ccc(Nc2nc(NCC(=O)Nc3cccc(C)c3)nc(Nc3ccc(C)cc3)n2)cc1. The van der Waals surface area contributed by atoms with E-state index in [0.717, 1.165) is 33.8 Å². The molecule has 0 aliphatic heterocycles. The van der Waals surface area contributed by atoms with E-state index in [4.69, 9.17) is 0 Å². The lowest BCUT2D eigenvalue weighted by atomic mass is 10.2. The van der Waals surface area contributed by atoms with Gasteiger partial charge in [-0.3, -0.25) is 4.79 Å². The van der Waals surface area contributed by atoms with Gasteiger partial charge in [-0.05, 0) is 62.7 Å². The Morgan fingerprint density at radius 1 is 0.647 bits per heavy atom. The van der Waals surface area contributed by atoms with Gasteiger partial charge >= 0.3 is 0 Å². The van der Waals surface area contributed by atoms with Gasteiger partial charge in [0.05, 0.1) is 6.54 Å². The fraction of sp³-hybridized carbons (Fsp3) is 0.154. The molecular weight excluding hydrogens is 426 g/mol. The van der Waals surface area contributed by atoms with Gasteiger partial charge in [0.15, 0.2) is 0 Å². The number of carbonyl (C=O) groups is 1. The van der Waals surface area contributed by atoms with Crippen LogP contribution in [0.15, 0.2) is 72.8 Å². The molecule has 1 aromatic heterocycles. The zero-order valence-corrected chi connectivity index (χ0v) is 19.4. The van der Waals surface area contributed by atoms with Crippen molar-refractivity contribution >= 4 is 40.8 Å². The number of nitrogens with one attached hydrogen (secondary N) is 4. The number of amides is 1. The van der Waals surface area contributed by atoms with E-state index >= 15 is 0 Å². The third-order valence-corrected chi connectivity index (χ3v) is 4.96. The maximum absolute atomic E-state index is 12.4. The summed E-state index contributed by atoms with van der Waals surface area (Å²) in [5.74, 6) is 0.788. The predicted molar refractivity (Wildman–Crippen MR) is 137 cm³/mol. The van der Waals surface area contributed by atoms with Gasteiger partial charge in [-0.25, -0.2) is 0 Å². The zero-order chi connectivity index (χ0) is 23.9. The molecule has 0 unspecified atom stereocenters. The molecule has 8 heteroatoms. The summed E-state index contributed by atoms with van der Waals surface area (Å²) in [7, 11) is 0. The van der Waals surface area contributed by atoms with Gasteiger partial charge in [-0.2, -0.15) is 15.0 Å². The number of nitrogens with zero attached hydrogens (tertiary/aromatic N) is 3. The quantitative estimate of drug-likeness (QED) is 0.286. The fourth-order valence-corrected chi connectivity index (χ4v) is 3.19. The van der Waals surface area contributed by atoms with E-state index in [-0.39, 0.29) is 18.4 Å². The maximum Gasteiger partial charge on any atom is 0.243 e. The molecule has 4 N–H and O–H groups in total. The number of benzene rings is 3. The Hall–Kier alpha value is -4.46. The molecule has 0 atom stereocenters. The number of anilines is 6. The summed E-state index contributed by atoms with van der Waals surface area (Å²) in [6.45, 7) is 6.04.